The SMILES string of the molecule is CCOCC(NCc1cnn(C(C)(C)C)c1)C(C)C. The average molecular weight is 267 g/mol. The molecule has 0 bridgehead atoms. The van der Waals surface area contributed by atoms with Crippen molar-refractivity contribution in [1.29, 1.82) is 0 Å². The Morgan fingerprint density at radius 1 is 1.37 bits per heavy atom. The third-order valence-corrected chi connectivity index (χ3v) is 3.20. The highest BCUT2D eigenvalue weighted by atomic mass is 16.5. The number of hydrogen-bond acceptors (Lipinski definition) is 3. The molecular weight excluding hydrogens is 238 g/mol. The van der Waals surface area contributed by atoms with E-state index in [1.807, 2.05) is 17.8 Å². The van der Waals surface area contributed by atoms with Crippen molar-refractivity contribution in [3.8, 4) is 0 Å². The van der Waals surface area contributed by atoms with E-state index in [1.54, 1.807) is 0 Å². The summed E-state index contributed by atoms with van der Waals surface area (Å²) in [5, 5.41) is 7.97. The summed E-state index contributed by atoms with van der Waals surface area (Å²) in [6.45, 7) is 15.3. The Morgan fingerprint density at radius 2 is 2.05 bits per heavy atom. The molecule has 1 aromatic rings. The zero-order chi connectivity index (χ0) is 14.5. The van der Waals surface area contributed by atoms with Crippen LogP contribution in [0.3, 0.4) is 0 Å². The Balaban J connectivity index is 2.52. The molecule has 0 radical (unpaired) electrons. The van der Waals surface area contributed by atoms with Crippen molar-refractivity contribution in [3.05, 3.63) is 18.0 Å². The van der Waals surface area contributed by atoms with Gasteiger partial charge in [0.1, 0.15) is 0 Å². The predicted octanol–water partition coefficient (Wildman–Crippen LogP) is 2.79. The normalized spacial score (nSPS) is 14.1. The summed E-state index contributed by atoms with van der Waals surface area (Å²) in [7, 11) is 0. The summed E-state index contributed by atoms with van der Waals surface area (Å²) >= 11 is 0. The maximum atomic E-state index is 5.52. The van der Waals surface area contributed by atoms with Gasteiger partial charge in [-0.1, -0.05) is 13.8 Å². The van der Waals surface area contributed by atoms with E-state index in [1.165, 1.54) is 5.56 Å². The van der Waals surface area contributed by atoms with Gasteiger partial charge in [-0.25, -0.2) is 0 Å². The van der Waals surface area contributed by atoms with Gasteiger partial charge in [0.25, 0.3) is 0 Å². The number of nitrogens with zero attached hydrogens (tertiary/aromatic N) is 2. The van der Waals surface area contributed by atoms with Crippen LogP contribution >= 0.6 is 0 Å². The molecule has 0 saturated heterocycles. The molecule has 0 aliphatic heterocycles. The van der Waals surface area contributed by atoms with Crippen LogP contribution in [0.5, 0.6) is 0 Å². The van der Waals surface area contributed by atoms with Crippen LogP contribution in [0.25, 0.3) is 0 Å². The lowest BCUT2D eigenvalue weighted by Crippen LogP contribution is -2.37. The van der Waals surface area contributed by atoms with E-state index in [0.717, 1.165) is 19.8 Å². The van der Waals surface area contributed by atoms with Gasteiger partial charge in [-0.3, -0.25) is 4.68 Å². The first-order valence-electron chi connectivity index (χ1n) is 7.19. The van der Waals surface area contributed by atoms with Crippen molar-refractivity contribution >= 4 is 0 Å². The lowest BCUT2D eigenvalue weighted by Gasteiger charge is -2.22. The number of nitrogens with one attached hydrogen (secondary N) is 1. The zero-order valence-electron chi connectivity index (χ0n) is 13.2. The Hall–Kier alpha value is -0.870. The quantitative estimate of drug-likeness (QED) is 0.825. The monoisotopic (exact) mass is 267 g/mol. The highest BCUT2D eigenvalue weighted by Crippen LogP contribution is 2.13. The Morgan fingerprint density at radius 3 is 2.53 bits per heavy atom. The summed E-state index contributed by atoms with van der Waals surface area (Å²) in [6, 6.07) is 0.387. The molecule has 0 saturated carbocycles. The third-order valence-electron chi connectivity index (χ3n) is 3.20. The molecule has 1 atom stereocenters. The molecule has 1 rings (SSSR count). The molecule has 0 aliphatic rings. The van der Waals surface area contributed by atoms with Crippen LogP contribution in [0.1, 0.15) is 47.1 Å². The summed E-state index contributed by atoms with van der Waals surface area (Å²) in [6.07, 6.45) is 4.06. The Labute approximate surface area is 117 Å². The van der Waals surface area contributed by atoms with E-state index in [0.29, 0.717) is 12.0 Å². The highest BCUT2D eigenvalue weighted by Gasteiger charge is 2.16. The molecular formula is C15H29N3O. The second-order valence-electron chi connectivity index (χ2n) is 6.35. The summed E-state index contributed by atoms with van der Waals surface area (Å²) in [5.41, 5.74) is 1.26. The molecule has 4 nitrogen and oxygen atoms in total. The van der Waals surface area contributed by atoms with E-state index in [2.05, 4.69) is 51.2 Å². The van der Waals surface area contributed by atoms with Gasteiger partial charge in [-0.2, -0.15) is 5.10 Å². The van der Waals surface area contributed by atoms with E-state index in [4.69, 9.17) is 4.74 Å². The molecule has 0 aliphatic carbocycles. The molecule has 0 aromatic carbocycles. The van der Waals surface area contributed by atoms with Crippen LogP contribution in [-0.2, 0) is 16.8 Å². The van der Waals surface area contributed by atoms with Crippen LogP contribution in [-0.4, -0.2) is 29.0 Å². The number of ether oxygens (including phenoxy) is 1. The first-order valence-corrected chi connectivity index (χ1v) is 7.19. The van der Waals surface area contributed by atoms with Crippen LogP contribution in [0.4, 0.5) is 0 Å². The van der Waals surface area contributed by atoms with Gasteiger partial charge < -0.3 is 10.1 Å². The van der Waals surface area contributed by atoms with Crippen molar-refractivity contribution in [2.45, 2.75) is 59.7 Å². The second kappa shape index (κ2) is 7.06. The van der Waals surface area contributed by atoms with Gasteiger partial charge in [0.15, 0.2) is 0 Å². The Bertz CT molecular complexity index is 366. The van der Waals surface area contributed by atoms with Gasteiger partial charge in [-0.15, -0.1) is 0 Å². The number of hydrogen-bond donors (Lipinski definition) is 1. The molecule has 1 heterocycles. The maximum Gasteiger partial charge on any atom is 0.0622 e. The van der Waals surface area contributed by atoms with Gasteiger partial charge in [-0.05, 0) is 33.6 Å². The van der Waals surface area contributed by atoms with Crippen molar-refractivity contribution in [2.24, 2.45) is 5.92 Å². The highest BCUT2D eigenvalue weighted by molar-refractivity contribution is 5.05. The molecule has 1 aromatic heterocycles. The molecule has 0 spiro atoms. The van der Waals surface area contributed by atoms with Crippen LogP contribution < -0.4 is 5.32 Å². The smallest absolute Gasteiger partial charge is 0.0622 e. The predicted molar refractivity (Wildman–Crippen MR) is 79.2 cm³/mol. The molecule has 0 fully saturated rings. The Kier molecular flexibility index (Phi) is 6.01. The van der Waals surface area contributed by atoms with E-state index >= 15 is 0 Å². The minimum atomic E-state index is 0.0427. The standard InChI is InChI=1S/C15H29N3O/c1-7-19-11-14(12(2)3)16-8-13-9-17-18(10-13)15(4,5)6/h9-10,12,14,16H,7-8,11H2,1-6H3. The van der Waals surface area contributed by atoms with Gasteiger partial charge in [0.05, 0.1) is 18.3 Å². The van der Waals surface area contributed by atoms with Crippen molar-refractivity contribution < 1.29 is 4.74 Å². The van der Waals surface area contributed by atoms with E-state index < -0.39 is 0 Å². The fourth-order valence-electron chi connectivity index (χ4n) is 1.80. The maximum absolute atomic E-state index is 5.52. The summed E-state index contributed by atoms with van der Waals surface area (Å²) in [4.78, 5) is 0. The summed E-state index contributed by atoms with van der Waals surface area (Å²) in [5.74, 6) is 0.559. The first kappa shape index (κ1) is 16.2. The third kappa shape index (κ3) is 5.33. The molecule has 4 heteroatoms. The largest absolute Gasteiger partial charge is 0.380 e. The second-order valence-corrected chi connectivity index (χ2v) is 6.35. The van der Waals surface area contributed by atoms with Crippen LogP contribution in [0, 0.1) is 5.92 Å². The van der Waals surface area contributed by atoms with E-state index in [9.17, 15) is 0 Å². The zero-order valence-corrected chi connectivity index (χ0v) is 13.2. The lowest BCUT2D eigenvalue weighted by atomic mass is 10.1. The topological polar surface area (TPSA) is 39.1 Å². The average Bonchev–Trinajstić information content (AvgIpc) is 2.77. The van der Waals surface area contributed by atoms with Crippen LogP contribution in [0.2, 0.25) is 0 Å². The first-order chi connectivity index (χ1) is 8.84. The van der Waals surface area contributed by atoms with Crippen LogP contribution in [0.15, 0.2) is 12.4 Å². The fraction of sp³-hybridized carbons (Fsp3) is 0.800. The fourth-order valence-corrected chi connectivity index (χ4v) is 1.80. The van der Waals surface area contributed by atoms with Gasteiger partial charge >= 0.3 is 0 Å². The number of aromatic nitrogens is 2. The molecule has 1 unspecified atom stereocenters. The molecule has 110 valence electrons. The molecule has 1 N–H and O–H groups in total. The molecule has 0 amide bonds. The van der Waals surface area contributed by atoms with E-state index in [-0.39, 0.29) is 5.54 Å². The summed E-state index contributed by atoms with van der Waals surface area (Å²) < 4.78 is 7.53. The minimum Gasteiger partial charge on any atom is -0.380 e. The van der Waals surface area contributed by atoms with Crippen molar-refractivity contribution in [1.82, 2.24) is 15.1 Å². The molecule has 19 heavy (non-hydrogen) atoms. The van der Waals surface area contributed by atoms with Gasteiger partial charge in [0, 0.05) is 31.0 Å². The lowest BCUT2D eigenvalue weighted by molar-refractivity contribution is 0.108. The van der Waals surface area contributed by atoms with Crippen molar-refractivity contribution in [3.63, 3.8) is 0 Å². The van der Waals surface area contributed by atoms with Crippen molar-refractivity contribution in [2.75, 3.05) is 13.2 Å². The minimum absolute atomic E-state index is 0.0427. The van der Waals surface area contributed by atoms with Gasteiger partial charge in [0.2, 0.25) is 0 Å². The number of rotatable bonds is 7.